The molecule has 3 rings (SSSR count). The van der Waals surface area contributed by atoms with Gasteiger partial charge in [-0.1, -0.05) is 0 Å². The first-order valence-electron chi connectivity index (χ1n) is 7.54. The van der Waals surface area contributed by atoms with E-state index in [4.69, 9.17) is 0 Å². The first kappa shape index (κ1) is 15.3. The lowest BCUT2D eigenvalue weighted by molar-refractivity contribution is -0.147. The predicted octanol–water partition coefficient (Wildman–Crippen LogP) is 2.12. The van der Waals surface area contributed by atoms with E-state index < -0.39 is 11.4 Å². The monoisotopic (exact) mass is 313 g/mol. The number of nitrogens with zero attached hydrogens (tertiary/aromatic N) is 3. The number of carbonyl (C=O) groups is 2. The summed E-state index contributed by atoms with van der Waals surface area (Å²) in [6.07, 6.45) is 2.35. The molecule has 1 amide bonds. The van der Waals surface area contributed by atoms with Gasteiger partial charge in [-0.05, 0) is 50.6 Å². The number of hydrogen-bond acceptors (Lipinski definition) is 3. The zero-order valence-electron chi connectivity index (χ0n) is 13.2. The van der Waals surface area contributed by atoms with E-state index in [1.165, 1.54) is 0 Å². The van der Waals surface area contributed by atoms with Gasteiger partial charge in [0, 0.05) is 24.8 Å². The fourth-order valence-corrected chi connectivity index (χ4v) is 2.81. The summed E-state index contributed by atoms with van der Waals surface area (Å²) in [5.41, 5.74) is 1.52. The third-order valence-corrected chi connectivity index (χ3v) is 4.38. The number of likely N-dealkylation sites (tertiary alicyclic amines) is 1. The van der Waals surface area contributed by atoms with Crippen molar-refractivity contribution in [2.45, 2.75) is 20.3 Å². The smallest absolute Gasteiger partial charge is 0.311 e. The van der Waals surface area contributed by atoms with Gasteiger partial charge in [-0.2, -0.15) is 5.10 Å². The Labute approximate surface area is 134 Å². The van der Waals surface area contributed by atoms with E-state index in [0.29, 0.717) is 18.5 Å². The van der Waals surface area contributed by atoms with Crippen LogP contribution in [-0.2, 0) is 4.79 Å². The highest BCUT2D eigenvalue weighted by Crippen LogP contribution is 2.31. The molecule has 2 heterocycles. The summed E-state index contributed by atoms with van der Waals surface area (Å²) in [6, 6.07) is 9.10. The molecule has 6 nitrogen and oxygen atoms in total. The summed E-state index contributed by atoms with van der Waals surface area (Å²) < 4.78 is 1.75. The number of hydrogen-bond donors (Lipinski definition) is 1. The van der Waals surface area contributed by atoms with Gasteiger partial charge in [0.25, 0.3) is 5.91 Å². The predicted molar refractivity (Wildman–Crippen MR) is 84.6 cm³/mol. The molecule has 6 heteroatoms. The van der Waals surface area contributed by atoms with Gasteiger partial charge in [0.1, 0.15) is 0 Å². The van der Waals surface area contributed by atoms with Crippen LogP contribution in [0, 0.1) is 12.3 Å². The van der Waals surface area contributed by atoms with Crippen LogP contribution in [0.2, 0.25) is 0 Å². The summed E-state index contributed by atoms with van der Waals surface area (Å²) in [5, 5.41) is 13.6. The minimum atomic E-state index is -0.850. The molecule has 0 unspecified atom stereocenters. The van der Waals surface area contributed by atoms with Gasteiger partial charge in [0.05, 0.1) is 16.8 Å². The minimum absolute atomic E-state index is 0.127. The highest BCUT2D eigenvalue weighted by molar-refractivity contribution is 5.95. The lowest BCUT2D eigenvalue weighted by atomic mass is 9.90. The van der Waals surface area contributed by atoms with E-state index in [2.05, 4.69) is 5.10 Å². The second-order valence-electron chi connectivity index (χ2n) is 6.29. The Hall–Kier alpha value is -2.63. The number of carboxylic acid groups (broad SMARTS) is 1. The van der Waals surface area contributed by atoms with Crippen molar-refractivity contribution in [2.75, 3.05) is 13.1 Å². The van der Waals surface area contributed by atoms with Gasteiger partial charge < -0.3 is 10.0 Å². The fraction of sp³-hybridized carbons (Fsp3) is 0.353. The SMILES string of the molecule is Cc1ccn(-c2ccc(C(=O)N3CC[C@](C)(C(=O)O)C3)cc2)n1. The molecule has 1 saturated heterocycles. The summed E-state index contributed by atoms with van der Waals surface area (Å²) >= 11 is 0. The number of benzene rings is 1. The number of aryl methyl sites for hydroxylation is 1. The van der Waals surface area contributed by atoms with Crippen molar-refractivity contribution >= 4 is 11.9 Å². The average Bonchev–Trinajstić information content (AvgIpc) is 3.14. The summed E-state index contributed by atoms with van der Waals surface area (Å²) in [4.78, 5) is 25.4. The number of amides is 1. The van der Waals surface area contributed by atoms with E-state index in [9.17, 15) is 14.7 Å². The van der Waals surface area contributed by atoms with Crippen molar-refractivity contribution in [2.24, 2.45) is 5.41 Å². The fourth-order valence-electron chi connectivity index (χ4n) is 2.81. The Morgan fingerprint density at radius 1 is 1.22 bits per heavy atom. The topological polar surface area (TPSA) is 75.4 Å². The van der Waals surface area contributed by atoms with Crippen LogP contribution in [0.5, 0.6) is 0 Å². The van der Waals surface area contributed by atoms with Crippen molar-refractivity contribution in [1.82, 2.24) is 14.7 Å². The van der Waals surface area contributed by atoms with Gasteiger partial charge in [0.15, 0.2) is 0 Å². The Kier molecular flexibility index (Phi) is 3.67. The summed E-state index contributed by atoms with van der Waals surface area (Å²) in [5.74, 6) is -0.977. The molecule has 1 aromatic carbocycles. The molecule has 0 saturated carbocycles. The van der Waals surface area contributed by atoms with E-state index in [-0.39, 0.29) is 12.5 Å². The van der Waals surface area contributed by atoms with E-state index in [0.717, 1.165) is 11.4 Å². The molecule has 1 atom stereocenters. The van der Waals surface area contributed by atoms with Crippen molar-refractivity contribution in [3.63, 3.8) is 0 Å². The van der Waals surface area contributed by atoms with Crippen LogP contribution in [0.25, 0.3) is 5.69 Å². The second kappa shape index (κ2) is 5.53. The summed E-state index contributed by atoms with van der Waals surface area (Å²) in [7, 11) is 0. The van der Waals surface area contributed by atoms with Crippen LogP contribution in [-0.4, -0.2) is 44.8 Å². The molecule has 0 spiro atoms. The molecule has 23 heavy (non-hydrogen) atoms. The Morgan fingerprint density at radius 3 is 2.43 bits per heavy atom. The number of aliphatic carboxylic acids is 1. The van der Waals surface area contributed by atoms with Gasteiger partial charge in [-0.25, -0.2) is 4.68 Å². The Morgan fingerprint density at radius 2 is 1.91 bits per heavy atom. The van der Waals surface area contributed by atoms with Crippen LogP contribution >= 0.6 is 0 Å². The number of carboxylic acids is 1. The molecule has 1 aliphatic heterocycles. The molecule has 1 fully saturated rings. The molecule has 0 aliphatic carbocycles. The normalized spacial score (nSPS) is 20.7. The maximum atomic E-state index is 12.5. The molecule has 1 N–H and O–H groups in total. The Bertz CT molecular complexity index is 751. The highest BCUT2D eigenvalue weighted by atomic mass is 16.4. The van der Waals surface area contributed by atoms with Crippen molar-refractivity contribution in [3.8, 4) is 5.69 Å². The maximum absolute atomic E-state index is 12.5. The van der Waals surface area contributed by atoms with E-state index >= 15 is 0 Å². The molecule has 0 radical (unpaired) electrons. The van der Waals surface area contributed by atoms with E-state index in [1.54, 1.807) is 28.6 Å². The third-order valence-electron chi connectivity index (χ3n) is 4.38. The second-order valence-corrected chi connectivity index (χ2v) is 6.29. The van der Waals surface area contributed by atoms with Gasteiger partial charge in [-0.15, -0.1) is 0 Å². The first-order chi connectivity index (χ1) is 10.9. The molecule has 0 bridgehead atoms. The minimum Gasteiger partial charge on any atom is -0.481 e. The molecule has 2 aromatic rings. The number of rotatable bonds is 3. The molecular weight excluding hydrogens is 294 g/mol. The highest BCUT2D eigenvalue weighted by Gasteiger charge is 2.42. The quantitative estimate of drug-likeness (QED) is 0.942. The maximum Gasteiger partial charge on any atom is 0.311 e. The number of carbonyl (C=O) groups excluding carboxylic acids is 1. The molecule has 1 aliphatic rings. The largest absolute Gasteiger partial charge is 0.481 e. The van der Waals surface area contributed by atoms with E-state index in [1.807, 2.05) is 31.3 Å². The molecular formula is C17H19N3O3. The van der Waals surface area contributed by atoms with Crippen LogP contribution in [0.1, 0.15) is 29.4 Å². The van der Waals surface area contributed by atoms with Crippen LogP contribution in [0.4, 0.5) is 0 Å². The van der Waals surface area contributed by atoms with Crippen molar-refractivity contribution < 1.29 is 14.7 Å². The lowest BCUT2D eigenvalue weighted by Gasteiger charge is -2.20. The molecule has 1 aromatic heterocycles. The van der Waals surface area contributed by atoms with Crippen LogP contribution < -0.4 is 0 Å². The number of aromatic nitrogens is 2. The van der Waals surface area contributed by atoms with Gasteiger partial charge in [0.2, 0.25) is 0 Å². The standard InChI is InChI=1S/C17H19N3O3/c1-12-7-9-20(18-12)14-5-3-13(4-6-14)15(21)19-10-8-17(2,11-19)16(22)23/h3-7,9H,8,10-11H2,1-2H3,(H,22,23)/t17-/m0/s1. The molecule has 120 valence electrons. The van der Waals surface area contributed by atoms with Crippen molar-refractivity contribution in [3.05, 3.63) is 47.8 Å². The zero-order valence-corrected chi connectivity index (χ0v) is 13.2. The first-order valence-corrected chi connectivity index (χ1v) is 7.54. The third kappa shape index (κ3) is 2.84. The zero-order chi connectivity index (χ0) is 16.6. The van der Waals surface area contributed by atoms with Gasteiger partial charge in [-0.3, -0.25) is 9.59 Å². The Balaban J connectivity index is 1.75. The van der Waals surface area contributed by atoms with Gasteiger partial charge >= 0.3 is 5.97 Å². The lowest BCUT2D eigenvalue weighted by Crippen LogP contribution is -2.34. The van der Waals surface area contributed by atoms with Crippen LogP contribution in [0.15, 0.2) is 36.5 Å². The van der Waals surface area contributed by atoms with Crippen molar-refractivity contribution in [1.29, 1.82) is 0 Å². The average molecular weight is 313 g/mol. The van der Waals surface area contributed by atoms with Crippen LogP contribution in [0.3, 0.4) is 0 Å². The summed E-state index contributed by atoms with van der Waals surface area (Å²) in [6.45, 7) is 4.33.